The highest BCUT2D eigenvalue weighted by atomic mass is 32.2. The maximum Gasteiger partial charge on any atom is 0.256 e. The van der Waals surface area contributed by atoms with E-state index in [4.69, 9.17) is 21.7 Å². The lowest BCUT2D eigenvalue weighted by atomic mass is 10.1. The van der Waals surface area contributed by atoms with Crippen LogP contribution < -0.4 is 25.6 Å². The molecule has 0 radical (unpaired) electrons. The minimum absolute atomic E-state index is 0.204. The minimum atomic E-state index is -0.436. The lowest BCUT2D eigenvalue weighted by molar-refractivity contribution is -0.121. The van der Waals surface area contributed by atoms with E-state index in [1.807, 2.05) is 66.7 Å². The number of rotatable bonds is 5. The Morgan fingerprint density at radius 3 is 2.37 bits per heavy atom. The fourth-order valence-electron chi connectivity index (χ4n) is 2.86. The SMILES string of the molecule is O=C(NNC(=S)Nc1ccc2c(c1)OCO2)C(Sc1ccccc1)c1ccccc1. The molecule has 1 heterocycles. The third-order valence-electron chi connectivity index (χ3n) is 4.27. The Kier molecular flexibility index (Phi) is 6.36. The molecule has 3 N–H and O–H groups in total. The Bertz CT molecular complexity index is 1030. The number of fused-ring (bicyclic) bond motifs is 1. The van der Waals surface area contributed by atoms with Crippen LogP contribution in [0.25, 0.3) is 0 Å². The smallest absolute Gasteiger partial charge is 0.256 e. The van der Waals surface area contributed by atoms with Crippen LogP contribution in [-0.2, 0) is 4.79 Å². The molecule has 0 spiro atoms. The standard InChI is InChI=1S/C22H19N3O3S2/c26-21(20(15-7-3-1-4-8-15)30-17-9-5-2-6-10-17)24-25-22(29)23-16-11-12-18-19(13-16)28-14-27-18/h1-13,20H,14H2,(H,24,26)(H2,23,25,29). The first-order chi connectivity index (χ1) is 14.7. The quantitative estimate of drug-likeness (QED) is 0.313. The molecule has 3 aromatic rings. The molecule has 3 aromatic carbocycles. The van der Waals surface area contributed by atoms with Crippen LogP contribution in [0.4, 0.5) is 5.69 Å². The predicted octanol–water partition coefficient (Wildman–Crippen LogP) is 4.27. The Morgan fingerprint density at radius 2 is 1.60 bits per heavy atom. The van der Waals surface area contributed by atoms with Gasteiger partial charge in [-0.25, -0.2) is 0 Å². The van der Waals surface area contributed by atoms with E-state index in [2.05, 4.69) is 16.2 Å². The molecule has 0 aromatic heterocycles. The number of thioether (sulfide) groups is 1. The monoisotopic (exact) mass is 437 g/mol. The Labute approximate surface area is 183 Å². The molecule has 30 heavy (non-hydrogen) atoms. The number of anilines is 1. The van der Waals surface area contributed by atoms with E-state index >= 15 is 0 Å². The van der Waals surface area contributed by atoms with Gasteiger partial charge in [-0.05, 0) is 42.0 Å². The van der Waals surface area contributed by atoms with Crippen molar-refractivity contribution in [1.82, 2.24) is 10.9 Å². The van der Waals surface area contributed by atoms with Crippen molar-refractivity contribution in [3.63, 3.8) is 0 Å². The number of hydrazine groups is 1. The van der Waals surface area contributed by atoms with E-state index in [0.717, 1.165) is 16.1 Å². The number of carbonyl (C=O) groups excluding carboxylic acids is 1. The lowest BCUT2D eigenvalue weighted by Gasteiger charge is -2.18. The van der Waals surface area contributed by atoms with E-state index < -0.39 is 5.25 Å². The summed E-state index contributed by atoms with van der Waals surface area (Å²) in [5, 5.41) is 2.85. The fourth-order valence-corrected chi connectivity index (χ4v) is 4.07. The molecule has 0 bridgehead atoms. The third-order valence-corrected chi connectivity index (χ3v) is 5.74. The van der Waals surface area contributed by atoms with Gasteiger partial charge in [-0.2, -0.15) is 0 Å². The largest absolute Gasteiger partial charge is 0.454 e. The number of benzene rings is 3. The number of ether oxygens (including phenoxy) is 2. The van der Waals surface area contributed by atoms with Crippen molar-refractivity contribution in [1.29, 1.82) is 0 Å². The number of hydrogen-bond donors (Lipinski definition) is 3. The summed E-state index contributed by atoms with van der Waals surface area (Å²) in [4.78, 5) is 13.9. The summed E-state index contributed by atoms with van der Waals surface area (Å²) in [5.74, 6) is 1.14. The number of amides is 1. The predicted molar refractivity (Wildman–Crippen MR) is 122 cm³/mol. The van der Waals surface area contributed by atoms with Crippen LogP contribution >= 0.6 is 24.0 Å². The second-order valence-electron chi connectivity index (χ2n) is 6.36. The fraction of sp³-hybridized carbons (Fsp3) is 0.0909. The topological polar surface area (TPSA) is 71.6 Å². The van der Waals surface area contributed by atoms with Gasteiger partial charge in [0.15, 0.2) is 16.6 Å². The molecule has 4 rings (SSSR count). The highest BCUT2D eigenvalue weighted by molar-refractivity contribution is 8.00. The average Bonchev–Trinajstić information content (AvgIpc) is 3.25. The van der Waals surface area contributed by atoms with E-state index in [1.165, 1.54) is 11.8 Å². The van der Waals surface area contributed by atoms with Crippen molar-refractivity contribution in [2.75, 3.05) is 12.1 Å². The number of hydrogen-bond acceptors (Lipinski definition) is 5. The Hall–Kier alpha value is -3.23. The Morgan fingerprint density at radius 1 is 0.900 bits per heavy atom. The van der Waals surface area contributed by atoms with Gasteiger partial charge in [0.25, 0.3) is 5.91 Å². The highest BCUT2D eigenvalue weighted by Gasteiger charge is 2.22. The van der Waals surface area contributed by atoms with Crippen LogP contribution in [0.2, 0.25) is 0 Å². The second kappa shape index (κ2) is 9.51. The molecule has 152 valence electrons. The van der Waals surface area contributed by atoms with Gasteiger partial charge in [-0.1, -0.05) is 48.5 Å². The van der Waals surface area contributed by atoms with Crippen molar-refractivity contribution >= 4 is 40.7 Å². The number of thiocarbonyl (C=S) groups is 1. The van der Waals surface area contributed by atoms with Gasteiger partial charge in [-0.15, -0.1) is 11.8 Å². The Balaban J connectivity index is 1.39. The van der Waals surface area contributed by atoms with Gasteiger partial charge >= 0.3 is 0 Å². The zero-order valence-corrected chi connectivity index (χ0v) is 17.5. The maximum atomic E-state index is 12.9. The van der Waals surface area contributed by atoms with Crippen molar-refractivity contribution < 1.29 is 14.3 Å². The van der Waals surface area contributed by atoms with Gasteiger partial charge in [0.1, 0.15) is 5.25 Å². The van der Waals surface area contributed by atoms with Crippen molar-refractivity contribution in [2.45, 2.75) is 10.1 Å². The first-order valence-corrected chi connectivity index (χ1v) is 10.5. The summed E-state index contributed by atoms with van der Waals surface area (Å²) in [6, 6.07) is 24.8. The van der Waals surface area contributed by atoms with Crippen LogP contribution in [0.1, 0.15) is 10.8 Å². The van der Waals surface area contributed by atoms with Gasteiger partial charge < -0.3 is 14.8 Å². The van der Waals surface area contributed by atoms with E-state index in [1.54, 1.807) is 12.1 Å². The maximum absolute atomic E-state index is 12.9. The first kappa shape index (κ1) is 20.1. The summed E-state index contributed by atoms with van der Waals surface area (Å²) in [5.41, 5.74) is 7.10. The van der Waals surface area contributed by atoms with Crippen molar-refractivity contribution in [3.8, 4) is 11.5 Å². The van der Waals surface area contributed by atoms with Crippen LogP contribution in [0.5, 0.6) is 11.5 Å². The number of nitrogens with one attached hydrogen (secondary N) is 3. The zero-order valence-electron chi connectivity index (χ0n) is 15.8. The highest BCUT2D eigenvalue weighted by Crippen LogP contribution is 2.35. The molecule has 1 unspecified atom stereocenters. The minimum Gasteiger partial charge on any atom is -0.454 e. The van der Waals surface area contributed by atoms with Crippen molar-refractivity contribution in [3.05, 3.63) is 84.4 Å². The van der Waals surface area contributed by atoms with Crippen LogP contribution in [0, 0.1) is 0 Å². The summed E-state index contributed by atoms with van der Waals surface area (Å²) in [7, 11) is 0. The van der Waals surface area contributed by atoms with Gasteiger partial charge in [0, 0.05) is 16.6 Å². The summed E-state index contributed by atoms with van der Waals surface area (Å²) in [6.07, 6.45) is 0. The number of carbonyl (C=O) groups is 1. The normalized spacial score (nSPS) is 12.7. The molecule has 6 nitrogen and oxygen atoms in total. The van der Waals surface area contributed by atoms with E-state index in [-0.39, 0.29) is 17.8 Å². The van der Waals surface area contributed by atoms with Gasteiger partial charge in [-0.3, -0.25) is 15.6 Å². The van der Waals surface area contributed by atoms with Crippen LogP contribution in [-0.4, -0.2) is 17.8 Å². The summed E-state index contributed by atoms with van der Waals surface area (Å²) < 4.78 is 10.7. The second-order valence-corrected chi connectivity index (χ2v) is 7.94. The molecular formula is C22H19N3O3S2. The zero-order chi connectivity index (χ0) is 20.8. The average molecular weight is 438 g/mol. The van der Waals surface area contributed by atoms with Crippen LogP contribution in [0.3, 0.4) is 0 Å². The van der Waals surface area contributed by atoms with Gasteiger partial charge in [0.05, 0.1) is 0 Å². The molecule has 1 amide bonds. The van der Waals surface area contributed by atoms with Crippen molar-refractivity contribution in [2.24, 2.45) is 0 Å². The lowest BCUT2D eigenvalue weighted by Crippen LogP contribution is -2.45. The molecule has 0 saturated carbocycles. The molecule has 1 aliphatic rings. The summed E-state index contributed by atoms with van der Waals surface area (Å²) in [6.45, 7) is 0.206. The molecule has 1 atom stereocenters. The van der Waals surface area contributed by atoms with Crippen LogP contribution in [0.15, 0.2) is 83.8 Å². The van der Waals surface area contributed by atoms with E-state index in [9.17, 15) is 4.79 Å². The summed E-state index contributed by atoms with van der Waals surface area (Å²) >= 11 is 6.77. The third kappa shape index (κ3) is 5.03. The molecular weight excluding hydrogens is 418 g/mol. The first-order valence-electron chi connectivity index (χ1n) is 9.22. The molecule has 1 aliphatic heterocycles. The molecule has 0 fully saturated rings. The molecule has 8 heteroatoms. The van der Waals surface area contributed by atoms with E-state index in [0.29, 0.717) is 11.5 Å². The molecule has 0 aliphatic carbocycles. The van der Waals surface area contributed by atoms with Gasteiger partial charge in [0.2, 0.25) is 6.79 Å². The molecule has 0 saturated heterocycles.